The van der Waals surface area contributed by atoms with Crippen molar-refractivity contribution in [2.75, 3.05) is 5.32 Å². The molecule has 0 fully saturated rings. The van der Waals surface area contributed by atoms with Crippen LogP contribution in [-0.4, -0.2) is 16.0 Å². The van der Waals surface area contributed by atoms with Gasteiger partial charge in [-0.2, -0.15) is 0 Å². The second-order valence-electron chi connectivity index (χ2n) is 3.62. The molecule has 0 saturated heterocycles. The van der Waals surface area contributed by atoms with Gasteiger partial charge in [0.2, 0.25) is 0 Å². The average molecular weight is 223 g/mol. The fraction of sp³-hybridized carbons (Fsp3) is 0.455. The van der Waals surface area contributed by atoms with Crippen molar-refractivity contribution < 1.29 is 0 Å². The quantitative estimate of drug-likeness (QED) is 0.752. The maximum absolute atomic E-state index is 5.63. The molecule has 0 saturated carbocycles. The Morgan fingerprint density at radius 1 is 1.67 bits per heavy atom. The zero-order valence-electron chi connectivity index (χ0n) is 9.16. The van der Waals surface area contributed by atoms with Gasteiger partial charge >= 0.3 is 0 Å². The summed E-state index contributed by atoms with van der Waals surface area (Å²) in [6.07, 6.45) is 5.73. The van der Waals surface area contributed by atoms with Crippen LogP contribution < -0.4 is 11.1 Å². The Balaban J connectivity index is 2.79. The van der Waals surface area contributed by atoms with Crippen LogP contribution in [0.1, 0.15) is 32.3 Å². The van der Waals surface area contributed by atoms with Crippen molar-refractivity contribution in [3.63, 3.8) is 0 Å². The van der Waals surface area contributed by atoms with Crippen LogP contribution in [0.5, 0.6) is 0 Å². The van der Waals surface area contributed by atoms with Gasteiger partial charge in [0.15, 0.2) is 0 Å². The van der Waals surface area contributed by atoms with Gasteiger partial charge in [0.1, 0.15) is 4.99 Å². The van der Waals surface area contributed by atoms with E-state index in [9.17, 15) is 0 Å². The van der Waals surface area contributed by atoms with Crippen molar-refractivity contribution in [3.05, 3.63) is 24.0 Å². The summed E-state index contributed by atoms with van der Waals surface area (Å²) in [4.78, 5) is 4.47. The van der Waals surface area contributed by atoms with Crippen molar-refractivity contribution in [3.8, 4) is 0 Å². The number of nitrogens with one attached hydrogen (secondary N) is 1. The first-order valence-electron chi connectivity index (χ1n) is 5.15. The van der Waals surface area contributed by atoms with Crippen LogP contribution in [-0.2, 0) is 0 Å². The van der Waals surface area contributed by atoms with Gasteiger partial charge in [0.05, 0.1) is 11.9 Å². The number of hydrogen-bond acceptors (Lipinski definition) is 3. The van der Waals surface area contributed by atoms with Gasteiger partial charge in [0.25, 0.3) is 0 Å². The van der Waals surface area contributed by atoms with Crippen LogP contribution in [0.15, 0.2) is 18.5 Å². The molecule has 1 atom stereocenters. The topological polar surface area (TPSA) is 50.9 Å². The molecule has 3 N–H and O–H groups in total. The summed E-state index contributed by atoms with van der Waals surface area (Å²) in [5, 5.41) is 3.36. The number of rotatable bonds is 5. The fourth-order valence-corrected chi connectivity index (χ4v) is 1.67. The summed E-state index contributed by atoms with van der Waals surface area (Å²) in [6, 6.07) is 2.25. The average Bonchev–Trinajstić information content (AvgIpc) is 2.18. The zero-order chi connectivity index (χ0) is 11.3. The van der Waals surface area contributed by atoms with Crippen LogP contribution >= 0.6 is 12.2 Å². The molecular formula is C11H17N3S. The summed E-state index contributed by atoms with van der Waals surface area (Å²) >= 11 is 4.98. The molecule has 4 heteroatoms. The van der Waals surface area contributed by atoms with Crippen LogP contribution in [0.25, 0.3) is 0 Å². The molecule has 1 heterocycles. The highest BCUT2D eigenvalue weighted by Crippen LogP contribution is 2.15. The van der Waals surface area contributed by atoms with E-state index < -0.39 is 0 Å². The zero-order valence-corrected chi connectivity index (χ0v) is 9.97. The molecule has 1 aromatic heterocycles. The molecule has 15 heavy (non-hydrogen) atoms. The Morgan fingerprint density at radius 3 is 3.00 bits per heavy atom. The molecule has 0 aromatic carbocycles. The Morgan fingerprint density at radius 2 is 2.40 bits per heavy atom. The number of pyridine rings is 1. The highest BCUT2D eigenvalue weighted by atomic mass is 32.1. The number of nitrogens with zero attached hydrogens (tertiary/aromatic N) is 1. The predicted molar refractivity (Wildman–Crippen MR) is 68.1 cm³/mol. The summed E-state index contributed by atoms with van der Waals surface area (Å²) in [7, 11) is 0. The first-order valence-corrected chi connectivity index (χ1v) is 5.56. The summed E-state index contributed by atoms with van der Waals surface area (Å²) in [5.41, 5.74) is 7.41. The third-order valence-electron chi connectivity index (χ3n) is 2.21. The maximum atomic E-state index is 5.63. The van der Waals surface area contributed by atoms with E-state index >= 15 is 0 Å². The van der Waals surface area contributed by atoms with E-state index in [1.807, 2.05) is 6.07 Å². The van der Waals surface area contributed by atoms with E-state index in [0.717, 1.165) is 24.1 Å². The van der Waals surface area contributed by atoms with Crippen molar-refractivity contribution in [1.29, 1.82) is 0 Å². The van der Waals surface area contributed by atoms with Crippen molar-refractivity contribution >= 4 is 22.9 Å². The smallest absolute Gasteiger partial charge is 0.106 e. The number of nitrogens with two attached hydrogens (primary N) is 1. The second kappa shape index (κ2) is 5.66. The SMILES string of the molecule is CCCC(C)Nc1cnccc1C(N)=S. The highest BCUT2D eigenvalue weighted by Gasteiger charge is 2.07. The molecule has 3 nitrogen and oxygen atoms in total. The van der Waals surface area contributed by atoms with Crippen LogP contribution in [0, 0.1) is 0 Å². The molecule has 1 aromatic rings. The Kier molecular flexibility index (Phi) is 4.49. The third-order valence-corrected chi connectivity index (χ3v) is 2.43. The third kappa shape index (κ3) is 3.47. The largest absolute Gasteiger partial charge is 0.389 e. The van der Waals surface area contributed by atoms with Crippen LogP contribution in [0.3, 0.4) is 0 Å². The molecule has 0 bridgehead atoms. The first kappa shape index (κ1) is 11.9. The molecular weight excluding hydrogens is 206 g/mol. The monoisotopic (exact) mass is 223 g/mol. The minimum Gasteiger partial charge on any atom is -0.389 e. The van der Waals surface area contributed by atoms with E-state index in [4.69, 9.17) is 18.0 Å². The molecule has 0 aliphatic carbocycles. The van der Waals surface area contributed by atoms with Crippen LogP contribution in [0.2, 0.25) is 0 Å². The van der Waals surface area contributed by atoms with Gasteiger partial charge in [-0.1, -0.05) is 25.6 Å². The van der Waals surface area contributed by atoms with E-state index in [1.54, 1.807) is 12.4 Å². The molecule has 0 spiro atoms. The van der Waals surface area contributed by atoms with E-state index in [0.29, 0.717) is 11.0 Å². The van der Waals surface area contributed by atoms with Gasteiger partial charge in [-0.15, -0.1) is 0 Å². The second-order valence-corrected chi connectivity index (χ2v) is 4.06. The fourth-order valence-electron chi connectivity index (χ4n) is 1.49. The molecule has 1 rings (SSSR count). The maximum Gasteiger partial charge on any atom is 0.106 e. The summed E-state index contributed by atoms with van der Waals surface area (Å²) < 4.78 is 0. The molecule has 1 unspecified atom stereocenters. The number of anilines is 1. The molecule has 0 aliphatic heterocycles. The summed E-state index contributed by atoms with van der Waals surface area (Å²) in [5.74, 6) is 0. The lowest BCUT2D eigenvalue weighted by atomic mass is 10.1. The van der Waals surface area contributed by atoms with E-state index in [1.165, 1.54) is 0 Å². The van der Waals surface area contributed by atoms with Gasteiger partial charge in [0, 0.05) is 17.8 Å². The highest BCUT2D eigenvalue weighted by molar-refractivity contribution is 7.80. The minimum atomic E-state index is 0.406. The van der Waals surface area contributed by atoms with Crippen molar-refractivity contribution in [2.45, 2.75) is 32.7 Å². The van der Waals surface area contributed by atoms with Gasteiger partial charge < -0.3 is 11.1 Å². The van der Waals surface area contributed by atoms with E-state index in [2.05, 4.69) is 24.1 Å². The summed E-state index contributed by atoms with van der Waals surface area (Å²) in [6.45, 7) is 4.30. The van der Waals surface area contributed by atoms with Crippen LogP contribution in [0.4, 0.5) is 5.69 Å². The van der Waals surface area contributed by atoms with Crippen molar-refractivity contribution in [1.82, 2.24) is 4.98 Å². The number of hydrogen-bond donors (Lipinski definition) is 2. The molecule has 0 aliphatic rings. The molecule has 82 valence electrons. The van der Waals surface area contributed by atoms with Gasteiger partial charge in [-0.05, 0) is 19.4 Å². The Bertz CT molecular complexity index is 338. The Labute approximate surface area is 96.1 Å². The predicted octanol–water partition coefficient (Wildman–Crippen LogP) is 2.32. The lowest BCUT2D eigenvalue weighted by Crippen LogP contribution is -2.19. The van der Waals surface area contributed by atoms with Crippen molar-refractivity contribution in [2.24, 2.45) is 5.73 Å². The first-order chi connectivity index (χ1) is 7.15. The normalized spacial score (nSPS) is 12.1. The van der Waals surface area contributed by atoms with Gasteiger partial charge in [-0.3, -0.25) is 4.98 Å². The standard InChI is InChI=1S/C11H17N3S/c1-3-4-8(2)14-10-7-13-6-5-9(10)11(12)15/h5-8,14H,3-4H2,1-2H3,(H2,12,15). The minimum absolute atomic E-state index is 0.406. The lowest BCUT2D eigenvalue weighted by molar-refractivity contribution is 0.690. The molecule has 0 radical (unpaired) electrons. The Hall–Kier alpha value is -1.16. The molecule has 0 amide bonds. The van der Waals surface area contributed by atoms with E-state index in [-0.39, 0.29) is 0 Å². The van der Waals surface area contributed by atoms with Gasteiger partial charge in [-0.25, -0.2) is 0 Å². The number of thiocarbonyl (C=S) groups is 1. The number of aromatic nitrogens is 1. The lowest BCUT2D eigenvalue weighted by Gasteiger charge is -2.16.